The Hall–Kier alpha value is -3.07. The first-order chi connectivity index (χ1) is 14.1. The van der Waals surface area contributed by atoms with Crippen LogP contribution in [0.2, 0.25) is 0 Å². The lowest BCUT2D eigenvalue weighted by atomic mass is 10.1. The first kappa shape index (κ1) is 23.2. The van der Waals surface area contributed by atoms with Crippen LogP contribution in [0.4, 0.5) is 11.4 Å². The number of carbonyl (C=O) groups is 2. The summed E-state index contributed by atoms with van der Waals surface area (Å²) in [5, 5.41) is 2.75. The normalized spacial score (nSPS) is 11.0. The number of carbonyl (C=O) groups excluding carboxylic acids is 2. The number of hydrogen-bond acceptors (Lipinski definition) is 5. The molecule has 0 saturated carbocycles. The molecule has 8 nitrogen and oxygen atoms in total. The summed E-state index contributed by atoms with van der Waals surface area (Å²) in [6, 6.07) is 11.8. The number of benzene rings is 2. The molecule has 2 amide bonds. The van der Waals surface area contributed by atoms with E-state index in [1.54, 1.807) is 49.4 Å². The van der Waals surface area contributed by atoms with Gasteiger partial charge in [0, 0.05) is 24.2 Å². The van der Waals surface area contributed by atoms with Crippen molar-refractivity contribution in [2.75, 3.05) is 29.0 Å². The summed E-state index contributed by atoms with van der Waals surface area (Å²) < 4.78 is 31.4. The van der Waals surface area contributed by atoms with Crippen molar-refractivity contribution in [3.8, 4) is 5.75 Å². The van der Waals surface area contributed by atoms with E-state index in [-0.39, 0.29) is 18.9 Å². The standard InChI is InChI=1S/C21H27N3O5S/c1-4-29-19-12-6-5-11-18(19)24(30(3,27)28)14-8-13-20(25)23-17-10-7-9-16(15(17)2)21(22)26/h5-7,9-12H,4,8,13-14H2,1-3H3,(H2,22,26)(H,23,25). The summed E-state index contributed by atoms with van der Waals surface area (Å²) in [5.74, 6) is -0.389. The molecule has 0 aliphatic rings. The van der Waals surface area contributed by atoms with E-state index in [1.807, 2.05) is 6.92 Å². The van der Waals surface area contributed by atoms with E-state index >= 15 is 0 Å². The smallest absolute Gasteiger partial charge is 0.249 e. The second-order valence-corrected chi connectivity index (χ2v) is 8.64. The largest absolute Gasteiger partial charge is 0.492 e. The molecule has 30 heavy (non-hydrogen) atoms. The fourth-order valence-electron chi connectivity index (χ4n) is 3.04. The molecule has 3 N–H and O–H groups in total. The van der Waals surface area contributed by atoms with Crippen molar-refractivity contribution in [3.05, 3.63) is 53.6 Å². The fraction of sp³-hybridized carbons (Fsp3) is 0.333. The Balaban J connectivity index is 2.07. The van der Waals surface area contributed by atoms with E-state index in [0.717, 1.165) is 6.26 Å². The number of hydrogen-bond donors (Lipinski definition) is 2. The van der Waals surface area contributed by atoms with Crippen LogP contribution in [0.15, 0.2) is 42.5 Å². The Morgan fingerprint density at radius 1 is 1.13 bits per heavy atom. The minimum atomic E-state index is -3.57. The maximum absolute atomic E-state index is 12.4. The molecule has 2 rings (SSSR count). The Bertz CT molecular complexity index is 1020. The third-order valence-electron chi connectivity index (χ3n) is 4.47. The topological polar surface area (TPSA) is 119 Å². The maximum atomic E-state index is 12.4. The Morgan fingerprint density at radius 2 is 1.83 bits per heavy atom. The van der Waals surface area contributed by atoms with Crippen LogP contribution >= 0.6 is 0 Å². The lowest BCUT2D eigenvalue weighted by Gasteiger charge is -2.24. The quantitative estimate of drug-likeness (QED) is 0.597. The van der Waals surface area contributed by atoms with Gasteiger partial charge in [-0.1, -0.05) is 18.2 Å². The van der Waals surface area contributed by atoms with Gasteiger partial charge in [0.05, 0.1) is 18.6 Å². The monoisotopic (exact) mass is 433 g/mol. The summed E-state index contributed by atoms with van der Waals surface area (Å²) in [6.45, 7) is 4.05. The molecule has 162 valence electrons. The highest BCUT2D eigenvalue weighted by atomic mass is 32.2. The molecule has 0 atom stereocenters. The van der Waals surface area contributed by atoms with Crippen molar-refractivity contribution in [1.82, 2.24) is 0 Å². The van der Waals surface area contributed by atoms with Crippen molar-refractivity contribution in [3.63, 3.8) is 0 Å². The highest BCUT2D eigenvalue weighted by molar-refractivity contribution is 7.92. The number of nitrogens with zero attached hydrogens (tertiary/aromatic N) is 1. The number of nitrogens with two attached hydrogens (primary N) is 1. The molecule has 0 spiro atoms. The van der Waals surface area contributed by atoms with Gasteiger partial charge in [-0.25, -0.2) is 8.42 Å². The van der Waals surface area contributed by atoms with Gasteiger partial charge < -0.3 is 15.8 Å². The lowest BCUT2D eigenvalue weighted by Crippen LogP contribution is -2.32. The second-order valence-electron chi connectivity index (χ2n) is 6.73. The predicted molar refractivity (Wildman–Crippen MR) is 117 cm³/mol. The van der Waals surface area contributed by atoms with Crippen molar-refractivity contribution < 1.29 is 22.7 Å². The molecule has 0 aliphatic carbocycles. The van der Waals surface area contributed by atoms with Gasteiger partial charge in [0.25, 0.3) is 0 Å². The van der Waals surface area contributed by atoms with E-state index < -0.39 is 15.9 Å². The van der Waals surface area contributed by atoms with Crippen LogP contribution in [0.25, 0.3) is 0 Å². The van der Waals surface area contributed by atoms with E-state index in [4.69, 9.17) is 10.5 Å². The average Bonchev–Trinajstić information content (AvgIpc) is 2.67. The van der Waals surface area contributed by atoms with Crippen molar-refractivity contribution >= 4 is 33.2 Å². The van der Waals surface area contributed by atoms with Gasteiger partial charge in [0.1, 0.15) is 5.75 Å². The van der Waals surface area contributed by atoms with Gasteiger partial charge in [0.15, 0.2) is 0 Å². The number of nitrogens with one attached hydrogen (secondary N) is 1. The Labute approximate surface area is 177 Å². The maximum Gasteiger partial charge on any atom is 0.249 e. The first-order valence-corrected chi connectivity index (χ1v) is 11.4. The van der Waals surface area contributed by atoms with Crippen molar-refractivity contribution in [2.45, 2.75) is 26.7 Å². The molecule has 0 saturated heterocycles. The number of amides is 2. The number of primary amides is 1. The van der Waals surface area contributed by atoms with E-state index in [9.17, 15) is 18.0 Å². The molecule has 0 aliphatic heterocycles. The number of para-hydroxylation sites is 2. The van der Waals surface area contributed by atoms with Gasteiger partial charge >= 0.3 is 0 Å². The van der Waals surface area contributed by atoms with E-state index in [1.165, 1.54) is 4.31 Å². The zero-order valence-corrected chi connectivity index (χ0v) is 18.2. The predicted octanol–water partition coefficient (Wildman–Crippen LogP) is 2.68. The van der Waals surface area contributed by atoms with Crippen LogP contribution in [0.1, 0.15) is 35.7 Å². The van der Waals surface area contributed by atoms with Crippen molar-refractivity contribution in [2.24, 2.45) is 5.73 Å². The van der Waals surface area contributed by atoms with E-state index in [2.05, 4.69) is 5.32 Å². The molecule has 2 aromatic rings. The minimum absolute atomic E-state index is 0.100. The van der Waals surface area contributed by atoms with Crippen LogP contribution in [0.3, 0.4) is 0 Å². The van der Waals surface area contributed by atoms with Gasteiger partial charge in [-0.2, -0.15) is 0 Å². The SMILES string of the molecule is CCOc1ccccc1N(CCCC(=O)Nc1cccc(C(N)=O)c1C)S(C)(=O)=O. The number of rotatable bonds is 10. The first-order valence-electron chi connectivity index (χ1n) is 9.54. The molecule has 0 radical (unpaired) electrons. The van der Waals surface area contributed by atoms with Gasteiger partial charge in [-0.05, 0) is 50.1 Å². The highest BCUT2D eigenvalue weighted by Gasteiger charge is 2.21. The third kappa shape index (κ3) is 5.96. The number of sulfonamides is 1. The summed E-state index contributed by atoms with van der Waals surface area (Å²) in [7, 11) is -3.57. The second kappa shape index (κ2) is 10.1. The molecular formula is C21H27N3O5S. The average molecular weight is 434 g/mol. The molecule has 0 heterocycles. The zero-order valence-electron chi connectivity index (χ0n) is 17.3. The summed E-state index contributed by atoms with van der Waals surface area (Å²) >= 11 is 0. The lowest BCUT2D eigenvalue weighted by molar-refractivity contribution is -0.116. The molecule has 0 bridgehead atoms. The highest BCUT2D eigenvalue weighted by Crippen LogP contribution is 2.30. The Kier molecular flexibility index (Phi) is 7.82. The molecule has 0 unspecified atom stereocenters. The summed E-state index contributed by atoms with van der Waals surface area (Å²) in [5.41, 5.74) is 7.19. The van der Waals surface area contributed by atoms with Gasteiger partial charge in [0.2, 0.25) is 21.8 Å². The van der Waals surface area contributed by atoms with Gasteiger partial charge in [-0.3, -0.25) is 13.9 Å². The zero-order chi connectivity index (χ0) is 22.3. The third-order valence-corrected chi connectivity index (χ3v) is 5.65. The number of anilines is 2. The fourth-order valence-corrected chi connectivity index (χ4v) is 4.01. The van der Waals surface area contributed by atoms with Gasteiger partial charge in [-0.15, -0.1) is 0 Å². The molecular weight excluding hydrogens is 406 g/mol. The minimum Gasteiger partial charge on any atom is -0.492 e. The van der Waals surface area contributed by atoms with Crippen LogP contribution in [0.5, 0.6) is 5.75 Å². The van der Waals surface area contributed by atoms with Crippen LogP contribution in [-0.2, 0) is 14.8 Å². The molecule has 2 aromatic carbocycles. The molecule has 9 heteroatoms. The number of ether oxygens (including phenoxy) is 1. The molecule has 0 aromatic heterocycles. The van der Waals surface area contributed by atoms with E-state index in [0.29, 0.717) is 41.3 Å². The van der Waals surface area contributed by atoms with Crippen LogP contribution in [0, 0.1) is 6.92 Å². The summed E-state index contributed by atoms with van der Waals surface area (Å²) in [4.78, 5) is 23.8. The summed E-state index contributed by atoms with van der Waals surface area (Å²) in [6.07, 6.45) is 1.52. The van der Waals surface area contributed by atoms with Crippen molar-refractivity contribution in [1.29, 1.82) is 0 Å². The van der Waals surface area contributed by atoms with Crippen LogP contribution < -0.4 is 20.1 Å². The van der Waals surface area contributed by atoms with Crippen LogP contribution in [-0.4, -0.2) is 39.6 Å². The Morgan fingerprint density at radius 3 is 2.47 bits per heavy atom. The molecule has 0 fully saturated rings.